The lowest BCUT2D eigenvalue weighted by Crippen LogP contribution is -2.27. The summed E-state index contributed by atoms with van der Waals surface area (Å²) in [6.45, 7) is 2.07. The second kappa shape index (κ2) is 4.46. The van der Waals surface area contributed by atoms with E-state index >= 15 is 0 Å². The number of fused-ring (bicyclic) bond motifs is 1. The molecule has 1 aliphatic rings. The summed E-state index contributed by atoms with van der Waals surface area (Å²) in [5.41, 5.74) is 9.63. The molecule has 0 bridgehead atoms. The van der Waals surface area contributed by atoms with Gasteiger partial charge in [-0.05, 0) is 12.5 Å². The second-order valence-electron chi connectivity index (χ2n) is 4.86. The molecule has 0 aromatic heterocycles. The molecule has 3 rings (SSSR count). The highest BCUT2D eigenvalue weighted by Crippen LogP contribution is 2.40. The van der Waals surface area contributed by atoms with Crippen molar-refractivity contribution in [2.24, 2.45) is 5.73 Å². The Bertz CT molecular complexity index is 550. The van der Waals surface area contributed by atoms with Gasteiger partial charge in [-0.2, -0.15) is 0 Å². The zero-order chi connectivity index (χ0) is 12.5. The maximum absolute atomic E-state index is 6.20. The van der Waals surface area contributed by atoms with E-state index in [0.29, 0.717) is 0 Å². The van der Waals surface area contributed by atoms with Crippen LogP contribution in [0.15, 0.2) is 48.5 Å². The van der Waals surface area contributed by atoms with Crippen LogP contribution in [0.1, 0.15) is 24.9 Å². The predicted molar refractivity (Wildman–Crippen MR) is 73.5 cm³/mol. The maximum Gasteiger partial charge on any atom is 0.132 e. The summed E-state index contributed by atoms with van der Waals surface area (Å²) in [7, 11) is 0. The number of nitrogens with two attached hydrogens (primary N) is 1. The summed E-state index contributed by atoms with van der Waals surface area (Å²) in [5, 5.41) is 0. The molecule has 2 aromatic rings. The van der Waals surface area contributed by atoms with Gasteiger partial charge in [0, 0.05) is 23.6 Å². The molecule has 0 saturated carbocycles. The lowest BCUT2D eigenvalue weighted by molar-refractivity contribution is 0.178. The van der Waals surface area contributed by atoms with Gasteiger partial charge in [-0.25, -0.2) is 0 Å². The van der Waals surface area contributed by atoms with Crippen LogP contribution in [-0.2, 0) is 0 Å². The largest absolute Gasteiger partial charge is 0.490 e. The van der Waals surface area contributed by atoms with Crippen molar-refractivity contribution in [1.29, 1.82) is 0 Å². The first-order valence-corrected chi connectivity index (χ1v) is 6.36. The van der Waals surface area contributed by atoms with Gasteiger partial charge in [-0.15, -0.1) is 0 Å². The number of rotatable bonds is 1. The van der Waals surface area contributed by atoms with Crippen LogP contribution in [0.2, 0.25) is 0 Å². The van der Waals surface area contributed by atoms with E-state index in [-0.39, 0.29) is 12.1 Å². The smallest absolute Gasteiger partial charge is 0.132 e. The molecule has 2 unspecified atom stereocenters. The first-order valence-electron chi connectivity index (χ1n) is 6.36. The molecule has 2 nitrogen and oxygen atoms in total. The molecular weight excluding hydrogens is 222 g/mol. The van der Waals surface area contributed by atoms with Gasteiger partial charge in [0.05, 0.1) is 6.10 Å². The lowest BCUT2D eigenvalue weighted by Gasteiger charge is -2.29. The molecule has 0 amide bonds. The quantitative estimate of drug-likeness (QED) is 0.826. The summed E-state index contributed by atoms with van der Waals surface area (Å²) in [5.74, 6) is 0.954. The van der Waals surface area contributed by atoms with Crippen LogP contribution in [0, 0.1) is 0 Å². The van der Waals surface area contributed by atoms with E-state index < -0.39 is 0 Å². The van der Waals surface area contributed by atoms with Crippen LogP contribution in [0.3, 0.4) is 0 Å². The number of hydrogen-bond donors (Lipinski definition) is 1. The van der Waals surface area contributed by atoms with E-state index in [1.807, 2.05) is 18.2 Å². The minimum atomic E-state index is 0.0763. The van der Waals surface area contributed by atoms with E-state index in [9.17, 15) is 0 Å². The molecule has 0 aliphatic carbocycles. The van der Waals surface area contributed by atoms with Crippen molar-refractivity contribution in [2.75, 3.05) is 0 Å². The van der Waals surface area contributed by atoms with Crippen molar-refractivity contribution in [3.63, 3.8) is 0 Å². The van der Waals surface area contributed by atoms with E-state index in [1.54, 1.807) is 0 Å². The number of benzene rings is 2. The van der Waals surface area contributed by atoms with Crippen LogP contribution in [0.4, 0.5) is 0 Å². The van der Waals surface area contributed by atoms with Gasteiger partial charge in [0.1, 0.15) is 5.75 Å². The van der Waals surface area contributed by atoms with Crippen LogP contribution < -0.4 is 10.5 Å². The van der Waals surface area contributed by atoms with E-state index in [1.165, 1.54) is 5.56 Å². The molecule has 0 saturated heterocycles. The average molecular weight is 239 g/mol. The predicted octanol–water partition coefficient (Wildman–Crippen LogP) is 3.52. The van der Waals surface area contributed by atoms with E-state index in [4.69, 9.17) is 10.5 Å². The van der Waals surface area contributed by atoms with Crippen molar-refractivity contribution in [3.05, 3.63) is 54.1 Å². The summed E-state index contributed by atoms with van der Waals surface area (Å²) < 4.78 is 6.01. The molecule has 18 heavy (non-hydrogen) atoms. The third-order valence-corrected chi connectivity index (χ3v) is 3.43. The van der Waals surface area contributed by atoms with Crippen LogP contribution in [-0.4, -0.2) is 6.10 Å². The van der Waals surface area contributed by atoms with Crippen molar-refractivity contribution in [2.45, 2.75) is 25.5 Å². The Morgan fingerprint density at radius 3 is 2.61 bits per heavy atom. The van der Waals surface area contributed by atoms with Crippen molar-refractivity contribution in [3.8, 4) is 16.9 Å². The fraction of sp³-hybridized carbons (Fsp3) is 0.250. The molecule has 0 radical (unpaired) electrons. The monoisotopic (exact) mass is 239 g/mol. The fourth-order valence-corrected chi connectivity index (χ4v) is 2.56. The van der Waals surface area contributed by atoms with E-state index in [0.717, 1.165) is 23.3 Å². The summed E-state index contributed by atoms with van der Waals surface area (Å²) >= 11 is 0. The molecule has 2 atom stereocenters. The molecule has 2 heteroatoms. The SMILES string of the molecule is CC1CC(N)c2cccc(-c3ccccc3)c2O1. The van der Waals surface area contributed by atoms with Gasteiger partial charge < -0.3 is 10.5 Å². The summed E-state index contributed by atoms with van der Waals surface area (Å²) in [6.07, 6.45) is 1.06. The molecule has 0 fully saturated rings. The molecular formula is C16H17NO. The molecule has 1 heterocycles. The van der Waals surface area contributed by atoms with Crippen LogP contribution in [0.25, 0.3) is 11.1 Å². The molecule has 1 aliphatic heterocycles. The van der Waals surface area contributed by atoms with Crippen molar-refractivity contribution in [1.82, 2.24) is 0 Å². The van der Waals surface area contributed by atoms with Gasteiger partial charge in [0.2, 0.25) is 0 Å². The van der Waals surface area contributed by atoms with E-state index in [2.05, 4.69) is 37.3 Å². The summed E-state index contributed by atoms with van der Waals surface area (Å²) in [6, 6.07) is 16.6. The maximum atomic E-state index is 6.20. The normalized spacial score (nSPS) is 22.1. The Morgan fingerprint density at radius 2 is 1.83 bits per heavy atom. The Kier molecular flexibility index (Phi) is 2.80. The Hall–Kier alpha value is -1.80. The molecule has 0 spiro atoms. The first kappa shape index (κ1) is 11.3. The third-order valence-electron chi connectivity index (χ3n) is 3.43. The van der Waals surface area contributed by atoms with Crippen LogP contribution >= 0.6 is 0 Å². The van der Waals surface area contributed by atoms with Gasteiger partial charge >= 0.3 is 0 Å². The zero-order valence-corrected chi connectivity index (χ0v) is 10.5. The number of hydrogen-bond acceptors (Lipinski definition) is 2. The topological polar surface area (TPSA) is 35.2 Å². The molecule has 92 valence electrons. The Balaban J connectivity index is 2.15. The van der Waals surface area contributed by atoms with Gasteiger partial charge in [0.15, 0.2) is 0 Å². The number of para-hydroxylation sites is 1. The average Bonchev–Trinajstić information content (AvgIpc) is 2.39. The Morgan fingerprint density at radius 1 is 1.06 bits per heavy atom. The standard InChI is InChI=1S/C16H17NO/c1-11-10-15(17)14-9-5-8-13(16(14)18-11)12-6-3-2-4-7-12/h2-9,11,15H,10,17H2,1H3. The Labute approximate surface area is 107 Å². The highest BCUT2D eigenvalue weighted by Gasteiger charge is 2.25. The highest BCUT2D eigenvalue weighted by molar-refractivity contribution is 5.72. The number of ether oxygens (including phenoxy) is 1. The first-order chi connectivity index (χ1) is 8.75. The molecule has 2 aromatic carbocycles. The summed E-state index contributed by atoms with van der Waals surface area (Å²) in [4.78, 5) is 0. The van der Waals surface area contributed by atoms with Gasteiger partial charge in [-0.3, -0.25) is 0 Å². The highest BCUT2D eigenvalue weighted by atomic mass is 16.5. The third kappa shape index (κ3) is 1.89. The van der Waals surface area contributed by atoms with Gasteiger partial charge in [0.25, 0.3) is 0 Å². The minimum Gasteiger partial charge on any atom is -0.490 e. The second-order valence-corrected chi connectivity index (χ2v) is 4.86. The van der Waals surface area contributed by atoms with Gasteiger partial charge in [-0.1, -0.05) is 48.5 Å². The van der Waals surface area contributed by atoms with Crippen molar-refractivity contribution >= 4 is 0 Å². The van der Waals surface area contributed by atoms with Crippen LogP contribution in [0.5, 0.6) is 5.75 Å². The minimum absolute atomic E-state index is 0.0763. The molecule has 2 N–H and O–H groups in total. The van der Waals surface area contributed by atoms with Crippen molar-refractivity contribution < 1.29 is 4.74 Å². The lowest BCUT2D eigenvalue weighted by atomic mass is 9.93. The fourth-order valence-electron chi connectivity index (χ4n) is 2.56. The zero-order valence-electron chi connectivity index (χ0n) is 10.5.